The highest BCUT2D eigenvalue weighted by Gasteiger charge is 2.20. The summed E-state index contributed by atoms with van der Waals surface area (Å²) in [5.41, 5.74) is -0.691. The van der Waals surface area contributed by atoms with E-state index >= 15 is 0 Å². The van der Waals surface area contributed by atoms with Crippen LogP contribution in [0.2, 0.25) is 5.02 Å². The van der Waals surface area contributed by atoms with E-state index in [0.29, 0.717) is 0 Å². The van der Waals surface area contributed by atoms with Gasteiger partial charge in [0.05, 0.1) is 10.6 Å². The third-order valence-corrected chi connectivity index (χ3v) is 2.27. The van der Waals surface area contributed by atoms with Crippen LogP contribution in [0.15, 0.2) is 12.1 Å². The Morgan fingerprint density at radius 2 is 2.13 bits per heavy atom. The van der Waals surface area contributed by atoms with Crippen LogP contribution in [0.5, 0.6) is 0 Å². The lowest BCUT2D eigenvalue weighted by Gasteiger charge is -2.08. The molecule has 0 saturated heterocycles. The zero-order valence-corrected chi connectivity index (χ0v) is 8.48. The van der Waals surface area contributed by atoms with Crippen LogP contribution < -0.4 is 0 Å². The van der Waals surface area contributed by atoms with Crippen molar-refractivity contribution in [3.63, 3.8) is 0 Å². The normalized spacial score (nSPS) is 10.1. The number of carbonyl (C=O) groups is 1. The van der Waals surface area contributed by atoms with Crippen molar-refractivity contribution in [2.24, 2.45) is 0 Å². The third-order valence-electron chi connectivity index (χ3n) is 1.88. The Morgan fingerprint density at radius 1 is 1.53 bits per heavy atom. The smallest absolute Gasteiger partial charge is 0.264 e. The van der Waals surface area contributed by atoms with E-state index in [1.165, 1.54) is 6.07 Å². The number of alkyl halides is 2. The molecule has 0 radical (unpaired) electrons. The minimum Gasteiger partial charge on any atom is -0.294 e. The topological polar surface area (TPSA) is 40.9 Å². The highest BCUT2D eigenvalue weighted by atomic mass is 35.5. The van der Waals surface area contributed by atoms with E-state index in [0.717, 1.165) is 13.0 Å². The molecule has 0 aliphatic carbocycles. The summed E-state index contributed by atoms with van der Waals surface area (Å²) in [6.07, 6.45) is -2.78. The SMILES string of the molecule is CC(=O)c1c(C(F)F)ccc(C#N)c1Cl. The predicted octanol–water partition coefficient (Wildman–Crippen LogP) is 3.35. The number of halogens is 3. The van der Waals surface area contributed by atoms with Crippen molar-refractivity contribution < 1.29 is 13.6 Å². The average molecular weight is 230 g/mol. The molecule has 0 bridgehead atoms. The summed E-state index contributed by atoms with van der Waals surface area (Å²) in [5, 5.41) is 8.42. The van der Waals surface area contributed by atoms with Crippen LogP contribution in [0.25, 0.3) is 0 Å². The first kappa shape index (κ1) is 11.6. The van der Waals surface area contributed by atoms with Gasteiger partial charge in [-0.05, 0) is 13.0 Å². The molecule has 5 heteroatoms. The van der Waals surface area contributed by atoms with Crippen molar-refractivity contribution in [2.45, 2.75) is 13.3 Å². The van der Waals surface area contributed by atoms with Gasteiger partial charge in [0.15, 0.2) is 5.78 Å². The number of benzene rings is 1. The van der Waals surface area contributed by atoms with Gasteiger partial charge in [0, 0.05) is 11.1 Å². The van der Waals surface area contributed by atoms with E-state index in [-0.39, 0.29) is 16.1 Å². The molecule has 0 heterocycles. The molecule has 2 nitrogen and oxygen atoms in total. The first-order valence-electron chi connectivity index (χ1n) is 4.00. The molecule has 0 N–H and O–H groups in total. The number of hydrogen-bond acceptors (Lipinski definition) is 2. The standard InChI is InChI=1S/C10H6ClF2NO/c1-5(15)8-7(10(12)13)3-2-6(4-14)9(8)11/h2-3,10H,1H3. The summed E-state index contributed by atoms with van der Waals surface area (Å²) in [6, 6.07) is 3.95. The van der Waals surface area contributed by atoms with E-state index in [2.05, 4.69) is 0 Å². The zero-order valence-electron chi connectivity index (χ0n) is 7.72. The number of rotatable bonds is 2. The predicted molar refractivity (Wildman–Crippen MR) is 51.1 cm³/mol. The largest absolute Gasteiger partial charge is 0.294 e. The Morgan fingerprint density at radius 3 is 2.53 bits per heavy atom. The maximum absolute atomic E-state index is 12.5. The first-order chi connectivity index (χ1) is 6.99. The van der Waals surface area contributed by atoms with Gasteiger partial charge in [-0.15, -0.1) is 0 Å². The lowest BCUT2D eigenvalue weighted by molar-refractivity contribution is 0.0999. The molecule has 1 aromatic carbocycles. The second-order valence-corrected chi connectivity index (χ2v) is 3.24. The Hall–Kier alpha value is -1.47. The fourth-order valence-corrected chi connectivity index (χ4v) is 1.56. The highest BCUT2D eigenvalue weighted by Crippen LogP contribution is 2.31. The van der Waals surface area contributed by atoms with Crippen molar-refractivity contribution in [1.82, 2.24) is 0 Å². The Balaban J connectivity index is 3.53. The van der Waals surface area contributed by atoms with Crippen molar-refractivity contribution >= 4 is 17.4 Å². The van der Waals surface area contributed by atoms with Crippen LogP contribution in [0, 0.1) is 11.3 Å². The number of nitriles is 1. The summed E-state index contributed by atoms with van der Waals surface area (Å²) in [7, 11) is 0. The fraction of sp³-hybridized carbons (Fsp3) is 0.200. The van der Waals surface area contributed by atoms with E-state index in [1.54, 1.807) is 6.07 Å². The van der Waals surface area contributed by atoms with Crippen LogP contribution in [0.4, 0.5) is 8.78 Å². The van der Waals surface area contributed by atoms with Gasteiger partial charge in [-0.25, -0.2) is 8.78 Å². The molecule has 0 aliphatic rings. The van der Waals surface area contributed by atoms with Gasteiger partial charge in [-0.3, -0.25) is 4.79 Å². The fourth-order valence-electron chi connectivity index (χ4n) is 1.22. The maximum Gasteiger partial charge on any atom is 0.264 e. The molecule has 0 fully saturated rings. The third kappa shape index (κ3) is 2.13. The van der Waals surface area contributed by atoms with Gasteiger partial charge in [0.2, 0.25) is 0 Å². The average Bonchev–Trinajstić information content (AvgIpc) is 2.16. The quantitative estimate of drug-likeness (QED) is 0.730. The molecule has 78 valence electrons. The van der Waals surface area contributed by atoms with E-state index < -0.39 is 17.8 Å². The molecular formula is C10H6ClF2NO. The lowest BCUT2D eigenvalue weighted by atomic mass is 10.0. The Kier molecular flexibility index (Phi) is 3.38. The molecular weight excluding hydrogens is 224 g/mol. The van der Waals surface area contributed by atoms with Crippen molar-refractivity contribution in [2.75, 3.05) is 0 Å². The summed E-state index contributed by atoms with van der Waals surface area (Å²) >= 11 is 5.68. The van der Waals surface area contributed by atoms with E-state index in [9.17, 15) is 13.6 Å². The molecule has 0 aromatic heterocycles. The highest BCUT2D eigenvalue weighted by molar-refractivity contribution is 6.35. The van der Waals surface area contributed by atoms with Crippen LogP contribution in [0.1, 0.15) is 34.8 Å². The minimum absolute atomic E-state index is 0.0197. The summed E-state index contributed by atoms with van der Waals surface area (Å²) in [5.74, 6) is -0.576. The minimum atomic E-state index is -2.78. The molecule has 0 spiro atoms. The Bertz CT molecular complexity index is 451. The molecule has 0 aliphatic heterocycles. The van der Waals surface area contributed by atoms with Crippen molar-refractivity contribution in [3.8, 4) is 6.07 Å². The first-order valence-corrected chi connectivity index (χ1v) is 4.38. The number of Topliss-reactive ketones (excluding diaryl/α,β-unsaturated/α-hetero) is 1. The molecule has 1 aromatic rings. The number of carbonyl (C=O) groups excluding carboxylic acids is 1. The van der Waals surface area contributed by atoms with Gasteiger partial charge in [-0.2, -0.15) is 5.26 Å². The second-order valence-electron chi connectivity index (χ2n) is 2.86. The number of hydrogen-bond donors (Lipinski definition) is 0. The van der Waals surface area contributed by atoms with Gasteiger partial charge < -0.3 is 0 Å². The van der Waals surface area contributed by atoms with Gasteiger partial charge >= 0.3 is 0 Å². The lowest BCUT2D eigenvalue weighted by Crippen LogP contribution is -2.02. The van der Waals surface area contributed by atoms with E-state index in [4.69, 9.17) is 16.9 Å². The van der Waals surface area contributed by atoms with Crippen LogP contribution in [-0.4, -0.2) is 5.78 Å². The Labute approximate surface area is 90.1 Å². The molecule has 0 unspecified atom stereocenters. The van der Waals surface area contributed by atoms with Crippen LogP contribution >= 0.6 is 11.6 Å². The summed E-state index contributed by atoms with van der Waals surface area (Å²) in [4.78, 5) is 11.1. The monoisotopic (exact) mass is 229 g/mol. The second kappa shape index (κ2) is 4.37. The molecule has 15 heavy (non-hydrogen) atoms. The number of nitrogens with zero attached hydrogens (tertiary/aromatic N) is 1. The van der Waals surface area contributed by atoms with Crippen molar-refractivity contribution in [1.29, 1.82) is 5.26 Å². The molecule has 0 saturated carbocycles. The molecule has 0 atom stereocenters. The van der Waals surface area contributed by atoms with Crippen LogP contribution in [0.3, 0.4) is 0 Å². The number of ketones is 1. The molecule has 1 rings (SSSR count). The molecule has 0 amide bonds. The van der Waals surface area contributed by atoms with Gasteiger partial charge in [0.1, 0.15) is 6.07 Å². The summed E-state index contributed by atoms with van der Waals surface area (Å²) < 4.78 is 25.0. The van der Waals surface area contributed by atoms with Crippen molar-refractivity contribution in [3.05, 3.63) is 33.8 Å². The van der Waals surface area contributed by atoms with Crippen LogP contribution in [-0.2, 0) is 0 Å². The van der Waals surface area contributed by atoms with Gasteiger partial charge in [0.25, 0.3) is 6.43 Å². The zero-order chi connectivity index (χ0) is 11.6. The van der Waals surface area contributed by atoms with Gasteiger partial charge in [-0.1, -0.05) is 17.7 Å². The van der Waals surface area contributed by atoms with E-state index in [1.807, 2.05) is 0 Å². The maximum atomic E-state index is 12.5. The summed E-state index contributed by atoms with van der Waals surface area (Å²) in [6.45, 7) is 1.13.